The molecule has 0 aromatic rings. The van der Waals surface area contributed by atoms with Crippen molar-refractivity contribution in [2.24, 2.45) is 0 Å². The molecule has 1 aliphatic rings. The molecule has 0 radical (unpaired) electrons. The Morgan fingerprint density at radius 3 is 2.76 bits per heavy atom. The highest BCUT2D eigenvalue weighted by molar-refractivity contribution is 5.82. The molecule has 7 heteroatoms. The second-order valence-corrected chi connectivity index (χ2v) is 4.04. The summed E-state index contributed by atoms with van der Waals surface area (Å²) in [6.07, 6.45) is 1.12. The molecule has 1 fully saturated rings. The summed E-state index contributed by atoms with van der Waals surface area (Å²) in [7, 11) is 0. The van der Waals surface area contributed by atoms with Crippen molar-refractivity contribution in [2.75, 3.05) is 13.1 Å². The largest absolute Gasteiger partial charge is 0.480 e. The van der Waals surface area contributed by atoms with Crippen LogP contribution in [0.25, 0.3) is 0 Å². The molecular weight excluding hydrogens is 226 g/mol. The van der Waals surface area contributed by atoms with Gasteiger partial charge < -0.3 is 21.1 Å². The fourth-order valence-corrected chi connectivity index (χ4v) is 1.64. The average Bonchev–Trinajstić information content (AvgIpc) is 2.25. The average molecular weight is 243 g/mol. The number of hydrogen-bond acceptors (Lipinski definition) is 4. The van der Waals surface area contributed by atoms with Gasteiger partial charge in [0, 0.05) is 32.5 Å². The Hall–Kier alpha value is -1.63. The molecule has 4 N–H and O–H groups in total. The van der Waals surface area contributed by atoms with E-state index in [9.17, 15) is 14.4 Å². The van der Waals surface area contributed by atoms with Crippen LogP contribution in [0.3, 0.4) is 0 Å². The van der Waals surface area contributed by atoms with E-state index in [-0.39, 0.29) is 24.4 Å². The molecule has 2 atom stereocenters. The molecule has 96 valence electrons. The molecule has 0 bridgehead atoms. The van der Waals surface area contributed by atoms with Crippen molar-refractivity contribution in [1.29, 1.82) is 0 Å². The molecule has 7 nitrogen and oxygen atoms in total. The van der Waals surface area contributed by atoms with Gasteiger partial charge in [-0.05, 0) is 6.42 Å². The van der Waals surface area contributed by atoms with Crippen LogP contribution in [0.1, 0.15) is 19.8 Å². The molecule has 1 heterocycles. The maximum atomic E-state index is 10.9. The van der Waals surface area contributed by atoms with Crippen molar-refractivity contribution in [1.82, 2.24) is 16.0 Å². The third kappa shape index (κ3) is 4.81. The molecule has 0 spiro atoms. The maximum Gasteiger partial charge on any atom is 0.327 e. The predicted molar refractivity (Wildman–Crippen MR) is 59.3 cm³/mol. The number of carbonyl (C=O) groups excluding carboxylic acids is 2. The summed E-state index contributed by atoms with van der Waals surface area (Å²) in [5.41, 5.74) is 0. The van der Waals surface area contributed by atoms with Gasteiger partial charge in [0.25, 0.3) is 0 Å². The lowest BCUT2D eigenvalue weighted by Crippen LogP contribution is -2.52. The normalized spacial score (nSPS) is 21.5. The van der Waals surface area contributed by atoms with Gasteiger partial charge in [-0.15, -0.1) is 0 Å². The maximum absolute atomic E-state index is 10.9. The second-order valence-electron chi connectivity index (χ2n) is 4.04. The number of amides is 2. The van der Waals surface area contributed by atoms with E-state index in [1.165, 1.54) is 6.92 Å². The molecule has 2 unspecified atom stereocenters. The van der Waals surface area contributed by atoms with Crippen molar-refractivity contribution in [3.63, 3.8) is 0 Å². The topological polar surface area (TPSA) is 108 Å². The first-order chi connectivity index (χ1) is 7.99. The molecule has 1 aliphatic heterocycles. The van der Waals surface area contributed by atoms with Crippen LogP contribution in [0.15, 0.2) is 0 Å². The van der Waals surface area contributed by atoms with Crippen LogP contribution in [-0.2, 0) is 14.4 Å². The Kier molecular flexibility index (Phi) is 4.89. The van der Waals surface area contributed by atoms with E-state index in [4.69, 9.17) is 5.11 Å². The Morgan fingerprint density at radius 1 is 1.59 bits per heavy atom. The summed E-state index contributed by atoms with van der Waals surface area (Å²) in [5.74, 6) is -1.44. The van der Waals surface area contributed by atoms with Crippen LogP contribution in [0.4, 0.5) is 0 Å². The quantitative estimate of drug-likeness (QED) is 0.467. The van der Waals surface area contributed by atoms with Gasteiger partial charge in [-0.3, -0.25) is 9.59 Å². The first-order valence-electron chi connectivity index (χ1n) is 5.49. The highest BCUT2D eigenvalue weighted by Crippen LogP contribution is 2.02. The lowest BCUT2D eigenvalue weighted by Gasteiger charge is -2.25. The smallest absolute Gasteiger partial charge is 0.327 e. The van der Waals surface area contributed by atoms with E-state index in [0.717, 1.165) is 0 Å². The van der Waals surface area contributed by atoms with E-state index >= 15 is 0 Å². The van der Waals surface area contributed by atoms with Crippen LogP contribution in [0, 0.1) is 0 Å². The molecule has 0 saturated carbocycles. The zero-order chi connectivity index (χ0) is 12.8. The molecule has 0 aromatic heterocycles. The third-order valence-corrected chi connectivity index (χ3v) is 2.55. The molecule has 1 rings (SSSR count). The zero-order valence-corrected chi connectivity index (χ0v) is 9.66. The Balaban J connectivity index is 2.33. The lowest BCUT2D eigenvalue weighted by molar-refractivity contribution is -0.141. The summed E-state index contributed by atoms with van der Waals surface area (Å²) in [4.78, 5) is 32.5. The number of nitrogens with one attached hydrogen (secondary N) is 3. The summed E-state index contributed by atoms with van der Waals surface area (Å²) >= 11 is 0. The van der Waals surface area contributed by atoms with Crippen molar-refractivity contribution in [2.45, 2.75) is 31.8 Å². The molecule has 2 amide bonds. The van der Waals surface area contributed by atoms with Crippen LogP contribution in [-0.4, -0.2) is 48.1 Å². The van der Waals surface area contributed by atoms with E-state index < -0.39 is 12.0 Å². The standard InChI is InChI=1S/C10H17N3O4/c1-6(14)13-8(10(16)17)5-11-7-2-3-9(15)12-4-7/h7-8,11H,2-5H2,1H3,(H,12,15)(H,13,14)(H,16,17). The summed E-state index contributed by atoms with van der Waals surface area (Å²) < 4.78 is 0. The molecule has 0 aromatic carbocycles. The minimum absolute atomic E-state index is 0.0136. The van der Waals surface area contributed by atoms with Gasteiger partial charge in [-0.1, -0.05) is 0 Å². The summed E-state index contributed by atoms with van der Waals surface area (Å²) in [6.45, 7) is 1.91. The van der Waals surface area contributed by atoms with Gasteiger partial charge in [0.1, 0.15) is 6.04 Å². The minimum Gasteiger partial charge on any atom is -0.480 e. The van der Waals surface area contributed by atoms with E-state index in [1.54, 1.807) is 0 Å². The molecule has 0 aliphatic carbocycles. The van der Waals surface area contributed by atoms with Gasteiger partial charge in [-0.25, -0.2) is 4.79 Å². The predicted octanol–water partition coefficient (Wildman–Crippen LogP) is -1.56. The van der Waals surface area contributed by atoms with Crippen LogP contribution in [0.2, 0.25) is 0 Å². The van der Waals surface area contributed by atoms with Crippen molar-refractivity contribution < 1.29 is 19.5 Å². The van der Waals surface area contributed by atoms with Gasteiger partial charge in [0.05, 0.1) is 0 Å². The summed E-state index contributed by atoms with van der Waals surface area (Å²) in [6, 6.07) is -0.881. The van der Waals surface area contributed by atoms with Crippen LogP contribution < -0.4 is 16.0 Å². The minimum atomic E-state index is -1.08. The Labute approximate surface area is 98.9 Å². The van der Waals surface area contributed by atoms with E-state index in [1.807, 2.05) is 0 Å². The lowest BCUT2D eigenvalue weighted by atomic mass is 10.1. The third-order valence-electron chi connectivity index (χ3n) is 2.55. The number of carbonyl (C=O) groups is 3. The first kappa shape index (κ1) is 13.4. The van der Waals surface area contributed by atoms with Crippen molar-refractivity contribution in [3.8, 4) is 0 Å². The number of aliphatic carboxylic acids is 1. The number of carboxylic acids is 1. The summed E-state index contributed by atoms with van der Waals surface area (Å²) in [5, 5.41) is 16.9. The van der Waals surface area contributed by atoms with Gasteiger partial charge in [0.2, 0.25) is 11.8 Å². The highest BCUT2D eigenvalue weighted by atomic mass is 16.4. The fourth-order valence-electron chi connectivity index (χ4n) is 1.64. The molecule has 1 saturated heterocycles. The number of piperidine rings is 1. The van der Waals surface area contributed by atoms with E-state index in [0.29, 0.717) is 19.4 Å². The number of hydrogen-bond donors (Lipinski definition) is 4. The van der Waals surface area contributed by atoms with Gasteiger partial charge in [-0.2, -0.15) is 0 Å². The van der Waals surface area contributed by atoms with Gasteiger partial charge in [0.15, 0.2) is 0 Å². The van der Waals surface area contributed by atoms with E-state index in [2.05, 4.69) is 16.0 Å². The number of carboxylic acid groups (broad SMARTS) is 1. The van der Waals surface area contributed by atoms with Crippen LogP contribution >= 0.6 is 0 Å². The first-order valence-corrected chi connectivity index (χ1v) is 5.49. The highest BCUT2D eigenvalue weighted by Gasteiger charge is 2.22. The van der Waals surface area contributed by atoms with Crippen LogP contribution in [0.5, 0.6) is 0 Å². The van der Waals surface area contributed by atoms with Crippen molar-refractivity contribution >= 4 is 17.8 Å². The van der Waals surface area contributed by atoms with Crippen molar-refractivity contribution in [3.05, 3.63) is 0 Å². The zero-order valence-electron chi connectivity index (χ0n) is 9.66. The Bertz CT molecular complexity index is 309. The molecule has 17 heavy (non-hydrogen) atoms. The number of rotatable bonds is 5. The molecular formula is C10H17N3O4. The monoisotopic (exact) mass is 243 g/mol. The SMILES string of the molecule is CC(=O)NC(CNC1CCC(=O)NC1)C(=O)O. The Morgan fingerprint density at radius 2 is 2.29 bits per heavy atom. The fraction of sp³-hybridized carbons (Fsp3) is 0.700. The van der Waals surface area contributed by atoms with Gasteiger partial charge >= 0.3 is 5.97 Å². The second kappa shape index (κ2) is 6.19.